The molecule has 1 aliphatic carbocycles. The molecule has 16 heavy (non-hydrogen) atoms. The van der Waals surface area contributed by atoms with Crippen molar-refractivity contribution in [2.45, 2.75) is 22.8 Å². The van der Waals surface area contributed by atoms with Crippen LogP contribution < -0.4 is 0 Å². The topological polar surface area (TPSA) is 0 Å². The van der Waals surface area contributed by atoms with E-state index in [1.807, 2.05) is 0 Å². The van der Waals surface area contributed by atoms with E-state index in [0.29, 0.717) is 12.0 Å². The van der Waals surface area contributed by atoms with Crippen molar-refractivity contribution in [1.82, 2.24) is 0 Å². The van der Waals surface area contributed by atoms with Crippen molar-refractivity contribution >= 4 is 23.2 Å². The second kappa shape index (κ2) is 3.50. The predicted octanol–water partition coefficient (Wildman–Crippen LogP) is 4.51. The average molecular weight is 273 g/mol. The maximum Gasteiger partial charge on any atom is 0.419 e. The summed E-state index contributed by atoms with van der Waals surface area (Å²) in [5, 5.41) is 0. The van der Waals surface area contributed by atoms with Gasteiger partial charge in [-0.1, -0.05) is 6.07 Å². The van der Waals surface area contributed by atoms with E-state index in [1.54, 1.807) is 0 Å². The molecule has 1 aromatic carbocycles. The van der Waals surface area contributed by atoms with Crippen molar-refractivity contribution in [1.29, 1.82) is 0 Å². The van der Waals surface area contributed by atoms with Crippen molar-refractivity contribution in [2.75, 3.05) is 0 Å². The minimum atomic E-state index is -4.70. The van der Waals surface area contributed by atoms with Crippen LogP contribution in [0.1, 0.15) is 23.5 Å². The Morgan fingerprint density at radius 1 is 1.25 bits per heavy atom. The molecule has 2 rings (SSSR count). The summed E-state index contributed by atoms with van der Waals surface area (Å²) in [6.07, 6.45) is -4.31. The van der Waals surface area contributed by atoms with E-state index in [-0.39, 0.29) is 5.92 Å². The van der Waals surface area contributed by atoms with Crippen molar-refractivity contribution in [3.8, 4) is 0 Å². The molecule has 0 heterocycles. The molecular formula is C10H6Cl2F4. The molecule has 0 N–H and O–H groups in total. The van der Waals surface area contributed by atoms with Crippen LogP contribution >= 0.6 is 23.2 Å². The Hall–Kier alpha value is -0.480. The van der Waals surface area contributed by atoms with Gasteiger partial charge in [0, 0.05) is 5.92 Å². The second-order valence-corrected chi connectivity index (χ2v) is 5.30. The van der Waals surface area contributed by atoms with E-state index in [9.17, 15) is 17.6 Å². The molecule has 0 spiro atoms. The van der Waals surface area contributed by atoms with Crippen LogP contribution in [0, 0.1) is 5.82 Å². The van der Waals surface area contributed by atoms with E-state index in [4.69, 9.17) is 23.2 Å². The van der Waals surface area contributed by atoms with E-state index < -0.39 is 21.9 Å². The molecule has 0 bridgehead atoms. The summed E-state index contributed by atoms with van der Waals surface area (Å²) in [6.45, 7) is 0. The molecule has 88 valence electrons. The fraction of sp³-hybridized carbons (Fsp3) is 0.400. The van der Waals surface area contributed by atoms with Gasteiger partial charge in [0.15, 0.2) is 0 Å². The zero-order chi connectivity index (χ0) is 12.1. The molecule has 0 amide bonds. The third kappa shape index (κ3) is 2.13. The molecule has 0 saturated heterocycles. The molecular weight excluding hydrogens is 267 g/mol. The molecule has 0 aliphatic heterocycles. The summed E-state index contributed by atoms with van der Waals surface area (Å²) in [7, 11) is 0. The zero-order valence-corrected chi connectivity index (χ0v) is 9.30. The van der Waals surface area contributed by atoms with Crippen LogP contribution in [-0.2, 0) is 6.18 Å². The van der Waals surface area contributed by atoms with Crippen LogP contribution in [0.15, 0.2) is 18.2 Å². The van der Waals surface area contributed by atoms with Crippen LogP contribution in [0.5, 0.6) is 0 Å². The van der Waals surface area contributed by atoms with Crippen molar-refractivity contribution in [3.63, 3.8) is 0 Å². The highest BCUT2D eigenvalue weighted by atomic mass is 35.5. The Morgan fingerprint density at radius 3 is 2.25 bits per heavy atom. The van der Waals surface area contributed by atoms with Gasteiger partial charge < -0.3 is 0 Å². The molecule has 0 radical (unpaired) electrons. The normalized spacial score (nSPS) is 23.2. The number of halogens is 6. The van der Waals surface area contributed by atoms with Crippen LogP contribution in [-0.4, -0.2) is 4.33 Å². The summed E-state index contributed by atoms with van der Waals surface area (Å²) in [6, 6.07) is 2.84. The Labute approximate surface area is 99.2 Å². The number of alkyl halides is 5. The fourth-order valence-electron chi connectivity index (χ4n) is 1.55. The highest BCUT2D eigenvalue weighted by Gasteiger charge is 2.53. The van der Waals surface area contributed by atoms with Crippen LogP contribution in [0.4, 0.5) is 17.6 Å². The second-order valence-electron chi connectivity index (χ2n) is 3.75. The summed E-state index contributed by atoms with van der Waals surface area (Å²) in [5.41, 5.74) is -0.959. The SMILES string of the molecule is Fc1ccc([C@@H]2CC2(Cl)Cl)cc1C(F)(F)F. The lowest BCUT2D eigenvalue weighted by molar-refractivity contribution is -0.140. The van der Waals surface area contributed by atoms with Crippen LogP contribution in [0.3, 0.4) is 0 Å². The van der Waals surface area contributed by atoms with Crippen molar-refractivity contribution in [3.05, 3.63) is 35.1 Å². The standard InChI is InChI=1S/C10H6Cl2F4/c11-9(12)4-7(9)5-1-2-8(13)6(3-5)10(14,15)16/h1-3,7H,4H2/t7-/m0/s1. The van der Waals surface area contributed by atoms with E-state index in [2.05, 4.69) is 0 Å². The van der Waals surface area contributed by atoms with Gasteiger partial charge in [0.05, 0.1) is 5.56 Å². The third-order valence-electron chi connectivity index (χ3n) is 2.52. The monoisotopic (exact) mass is 272 g/mol. The van der Waals surface area contributed by atoms with Gasteiger partial charge in [0.2, 0.25) is 0 Å². The maximum atomic E-state index is 13.0. The fourth-order valence-corrected chi connectivity index (χ4v) is 2.11. The Balaban J connectivity index is 2.38. The van der Waals surface area contributed by atoms with E-state index in [1.165, 1.54) is 6.07 Å². The number of hydrogen-bond acceptors (Lipinski definition) is 0. The summed E-state index contributed by atoms with van der Waals surface area (Å²) < 4.78 is 49.1. The third-order valence-corrected chi connectivity index (χ3v) is 3.36. The Kier molecular flexibility index (Phi) is 2.63. The minimum absolute atomic E-state index is 0.318. The average Bonchev–Trinajstić information content (AvgIpc) is 2.74. The van der Waals surface area contributed by atoms with Gasteiger partial charge in [-0.3, -0.25) is 0 Å². The number of benzene rings is 1. The summed E-state index contributed by atoms with van der Waals surface area (Å²) >= 11 is 11.5. The lowest BCUT2D eigenvalue weighted by Crippen LogP contribution is -2.09. The first-order valence-corrected chi connectivity index (χ1v) is 5.22. The molecule has 0 nitrogen and oxygen atoms in total. The largest absolute Gasteiger partial charge is 0.419 e. The summed E-state index contributed by atoms with van der Waals surface area (Å²) in [5.74, 6) is -1.64. The van der Waals surface area contributed by atoms with Crippen LogP contribution in [0.2, 0.25) is 0 Å². The predicted molar refractivity (Wildman–Crippen MR) is 53.2 cm³/mol. The molecule has 1 atom stereocenters. The highest BCUT2D eigenvalue weighted by molar-refractivity contribution is 6.51. The van der Waals surface area contributed by atoms with Gasteiger partial charge in [-0.25, -0.2) is 4.39 Å². The van der Waals surface area contributed by atoms with Gasteiger partial charge in [-0.05, 0) is 24.1 Å². The molecule has 1 saturated carbocycles. The summed E-state index contributed by atoms with van der Waals surface area (Å²) in [4.78, 5) is 0. The number of hydrogen-bond donors (Lipinski definition) is 0. The molecule has 1 aliphatic rings. The quantitative estimate of drug-likeness (QED) is 0.521. The first-order valence-electron chi connectivity index (χ1n) is 4.46. The minimum Gasteiger partial charge on any atom is -0.206 e. The van der Waals surface area contributed by atoms with E-state index >= 15 is 0 Å². The van der Waals surface area contributed by atoms with Gasteiger partial charge in [-0.15, -0.1) is 23.2 Å². The van der Waals surface area contributed by atoms with Gasteiger partial charge in [0.25, 0.3) is 0 Å². The van der Waals surface area contributed by atoms with Crippen molar-refractivity contribution in [2.24, 2.45) is 0 Å². The lowest BCUT2D eigenvalue weighted by atomic mass is 10.1. The first-order chi connectivity index (χ1) is 7.22. The molecule has 1 fully saturated rings. The molecule has 0 unspecified atom stereocenters. The van der Waals surface area contributed by atoms with Crippen molar-refractivity contribution < 1.29 is 17.6 Å². The van der Waals surface area contributed by atoms with Gasteiger partial charge in [-0.2, -0.15) is 13.2 Å². The highest BCUT2D eigenvalue weighted by Crippen LogP contribution is 2.59. The molecule has 6 heteroatoms. The van der Waals surface area contributed by atoms with E-state index in [0.717, 1.165) is 12.1 Å². The smallest absolute Gasteiger partial charge is 0.206 e. The van der Waals surface area contributed by atoms with Crippen LogP contribution in [0.25, 0.3) is 0 Å². The first kappa shape index (κ1) is 12.0. The molecule has 1 aromatic rings. The molecule has 0 aromatic heterocycles. The Morgan fingerprint density at radius 2 is 1.81 bits per heavy atom. The van der Waals surface area contributed by atoms with Gasteiger partial charge in [0.1, 0.15) is 10.2 Å². The zero-order valence-electron chi connectivity index (χ0n) is 7.78. The van der Waals surface area contributed by atoms with Gasteiger partial charge >= 0.3 is 6.18 Å². The number of rotatable bonds is 1. The maximum absolute atomic E-state index is 13.0. The lowest BCUT2D eigenvalue weighted by Gasteiger charge is -2.10. The Bertz CT molecular complexity index is 425.